The van der Waals surface area contributed by atoms with Crippen LogP contribution >= 0.6 is 0 Å². The molecule has 1 atom stereocenters. The zero-order valence-corrected chi connectivity index (χ0v) is 11.7. The Morgan fingerprint density at radius 1 is 1.30 bits per heavy atom. The van der Waals surface area contributed by atoms with Gasteiger partial charge in [-0.3, -0.25) is 9.59 Å². The standard InChI is InChI=1S/C13H21N3O4/c1-15(8-11(17)14-10-4-5-10)13(20)16-6-2-3-9(7-16)12(18)19/h9-10H,2-8H2,1H3,(H,14,17)(H,18,19)/t9-/m0/s1. The summed E-state index contributed by atoms with van der Waals surface area (Å²) in [6.07, 6.45) is 3.31. The van der Waals surface area contributed by atoms with Crippen molar-refractivity contribution in [3.63, 3.8) is 0 Å². The summed E-state index contributed by atoms with van der Waals surface area (Å²) >= 11 is 0. The number of carboxylic acids is 1. The van der Waals surface area contributed by atoms with Gasteiger partial charge in [0.15, 0.2) is 0 Å². The van der Waals surface area contributed by atoms with Gasteiger partial charge < -0.3 is 20.2 Å². The van der Waals surface area contributed by atoms with Crippen LogP contribution in [-0.2, 0) is 9.59 Å². The van der Waals surface area contributed by atoms with Crippen LogP contribution in [-0.4, -0.2) is 65.5 Å². The van der Waals surface area contributed by atoms with E-state index in [4.69, 9.17) is 5.11 Å². The molecule has 0 aromatic heterocycles. The van der Waals surface area contributed by atoms with E-state index in [0.717, 1.165) is 12.8 Å². The molecule has 1 heterocycles. The SMILES string of the molecule is CN(CC(=O)NC1CC1)C(=O)N1CCC[C@H](C(=O)O)C1. The smallest absolute Gasteiger partial charge is 0.320 e. The molecule has 2 fully saturated rings. The number of likely N-dealkylation sites (tertiary alicyclic amines) is 1. The maximum atomic E-state index is 12.2. The zero-order valence-electron chi connectivity index (χ0n) is 11.7. The Balaban J connectivity index is 1.82. The number of nitrogens with one attached hydrogen (secondary N) is 1. The van der Waals surface area contributed by atoms with Crippen molar-refractivity contribution >= 4 is 17.9 Å². The van der Waals surface area contributed by atoms with Gasteiger partial charge in [-0.1, -0.05) is 0 Å². The minimum absolute atomic E-state index is 0.0174. The third-order valence-corrected chi connectivity index (χ3v) is 3.69. The Morgan fingerprint density at radius 2 is 2.00 bits per heavy atom. The van der Waals surface area contributed by atoms with Crippen LogP contribution in [0, 0.1) is 5.92 Å². The number of piperidine rings is 1. The number of aliphatic carboxylic acids is 1. The second kappa shape index (κ2) is 6.11. The summed E-state index contributed by atoms with van der Waals surface area (Å²) in [7, 11) is 1.57. The lowest BCUT2D eigenvalue weighted by atomic mass is 9.99. The first-order valence-corrected chi connectivity index (χ1v) is 6.99. The van der Waals surface area contributed by atoms with E-state index in [1.165, 1.54) is 9.80 Å². The van der Waals surface area contributed by atoms with Crippen LogP contribution in [0.1, 0.15) is 25.7 Å². The highest BCUT2D eigenvalue weighted by molar-refractivity contribution is 5.84. The fourth-order valence-electron chi connectivity index (χ4n) is 2.38. The van der Waals surface area contributed by atoms with Gasteiger partial charge in [0.2, 0.25) is 5.91 Å². The van der Waals surface area contributed by atoms with Crippen LogP contribution in [0.25, 0.3) is 0 Å². The van der Waals surface area contributed by atoms with Crippen molar-refractivity contribution < 1.29 is 19.5 Å². The number of amides is 3. The predicted octanol–water partition coefficient (Wildman–Crippen LogP) is 0.113. The van der Waals surface area contributed by atoms with E-state index in [1.54, 1.807) is 7.05 Å². The molecule has 0 bridgehead atoms. The summed E-state index contributed by atoms with van der Waals surface area (Å²) < 4.78 is 0. The van der Waals surface area contributed by atoms with Crippen LogP contribution in [0.5, 0.6) is 0 Å². The fraction of sp³-hybridized carbons (Fsp3) is 0.769. The molecule has 20 heavy (non-hydrogen) atoms. The molecule has 112 valence electrons. The third-order valence-electron chi connectivity index (χ3n) is 3.69. The molecule has 0 radical (unpaired) electrons. The summed E-state index contributed by atoms with van der Waals surface area (Å²) in [4.78, 5) is 37.7. The number of carbonyl (C=O) groups is 3. The van der Waals surface area contributed by atoms with Gasteiger partial charge >= 0.3 is 12.0 Å². The number of hydrogen-bond donors (Lipinski definition) is 2. The Morgan fingerprint density at radius 3 is 2.60 bits per heavy atom. The lowest BCUT2D eigenvalue weighted by Crippen LogP contribution is -2.49. The molecule has 0 aromatic rings. The summed E-state index contributed by atoms with van der Waals surface area (Å²) in [5, 5.41) is 11.8. The van der Waals surface area contributed by atoms with Gasteiger partial charge in [-0.05, 0) is 25.7 Å². The average molecular weight is 283 g/mol. The first-order valence-electron chi connectivity index (χ1n) is 6.99. The molecule has 2 aliphatic rings. The molecule has 2 rings (SSSR count). The van der Waals surface area contributed by atoms with E-state index in [-0.39, 0.29) is 31.1 Å². The molecule has 1 aliphatic heterocycles. The highest BCUT2D eigenvalue weighted by atomic mass is 16.4. The lowest BCUT2D eigenvalue weighted by molar-refractivity contribution is -0.143. The number of nitrogens with zero attached hydrogens (tertiary/aromatic N) is 2. The van der Waals surface area contributed by atoms with E-state index in [2.05, 4.69) is 5.32 Å². The minimum Gasteiger partial charge on any atom is -0.481 e. The van der Waals surface area contributed by atoms with Crippen molar-refractivity contribution in [3.05, 3.63) is 0 Å². The Labute approximate surface area is 117 Å². The number of carboxylic acid groups (broad SMARTS) is 1. The summed E-state index contributed by atoms with van der Waals surface area (Å²) in [5.74, 6) is -1.52. The molecule has 7 heteroatoms. The highest BCUT2D eigenvalue weighted by Crippen LogP contribution is 2.19. The van der Waals surface area contributed by atoms with Crippen molar-refractivity contribution in [2.75, 3.05) is 26.7 Å². The number of rotatable bonds is 4. The van der Waals surface area contributed by atoms with Gasteiger partial charge in [0.1, 0.15) is 6.54 Å². The maximum absolute atomic E-state index is 12.2. The molecule has 0 aromatic carbocycles. The molecular formula is C13H21N3O4. The van der Waals surface area contributed by atoms with Crippen molar-refractivity contribution in [3.8, 4) is 0 Å². The van der Waals surface area contributed by atoms with Gasteiger partial charge in [0.25, 0.3) is 0 Å². The average Bonchev–Trinajstić information content (AvgIpc) is 3.21. The van der Waals surface area contributed by atoms with Gasteiger partial charge in [0.05, 0.1) is 5.92 Å². The van der Waals surface area contributed by atoms with E-state index < -0.39 is 11.9 Å². The van der Waals surface area contributed by atoms with Gasteiger partial charge in [-0.15, -0.1) is 0 Å². The maximum Gasteiger partial charge on any atom is 0.320 e. The first kappa shape index (κ1) is 14.6. The van der Waals surface area contributed by atoms with Crippen LogP contribution < -0.4 is 5.32 Å². The number of urea groups is 1. The van der Waals surface area contributed by atoms with Crippen molar-refractivity contribution in [2.45, 2.75) is 31.7 Å². The Hall–Kier alpha value is -1.79. The third kappa shape index (κ3) is 3.85. The van der Waals surface area contributed by atoms with E-state index in [1.807, 2.05) is 0 Å². The highest BCUT2D eigenvalue weighted by Gasteiger charge is 2.30. The van der Waals surface area contributed by atoms with Crippen LogP contribution in [0.3, 0.4) is 0 Å². The molecule has 0 spiro atoms. The molecule has 1 saturated carbocycles. The minimum atomic E-state index is -0.864. The predicted molar refractivity (Wildman–Crippen MR) is 71.1 cm³/mol. The number of likely N-dealkylation sites (N-methyl/N-ethyl adjacent to an activating group) is 1. The van der Waals surface area contributed by atoms with Crippen LogP contribution in [0.4, 0.5) is 4.79 Å². The molecule has 3 amide bonds. The van der Waals surface area contributed by atoms with Gasteiger partial charge in [-0.25, -0.2) is 4.79 Å². The molecule has 2 N–H and O–H groups in total. The Bertz CT molecular complexity index is 408. The summed E-state index contributed by atoms with van der Waals surface area (Å²) in [5.41, 5.74) is 0. The van der Waals surface area contributed by atoms with Crippen LogP contribution in [0.15, 0.2) is 0 Å². The molecule has 1 aliphatic carbocycles. The quantitative estimate of drug-likeness (QED) is 0.766. The molecular weight excluding hydrogens is 262 g/mol. The van der Waals surface area contributed by atoms with Crippen LogP contribution in [0.2, 0.25) is 0 Å². The molecule has 1 saturated heterocycles. The fourth-order valence-corrected chi connectivity index (χ4v) is 2.38. The van der Waals surface area contributed by atoms with Crippen molar-refractivity contribution in [1.82, 2.24) is 15.1 Å². The zero-order chi connectivity index (χ0) is 14.7. The normalized spacial score (nSPS) is 22.2. The number of hydrogen-bond acceptors (Lipinski definition) is 3. The topological polar surface area (TPSA) is 90.0 Å². The largest absolute Gasteiger partial charge is 0.481 e. The van der Waals surface area contributed by atoms with Gasteiger partial charge in [0, 0.05) is 26.2 Å². The van der Waals surface area contributed by atoms with Crippen molar-refractivity contribution in [2.24, 2.45) is 5.92 Å². The summed E-state index contributed by atoms with van der Waals surface area (Å²) in [6, 6.07) is -0.000670. The molecule has 0 unspecified atom stereocenters. The van der Waals surface area contributed by atoms with E-state index >= 15 is 0 Å². The molecule has 7 nitrogen and oxygen atoms in total. The lowest BCUT2D eigenvalue weighted by Gasteiger charge is -2.33. The van der Waals surface area contributed by atoms with E-state index in [0.29, 0.717) is 19.4 Å². The first-order chi connectivity index (χ1) is 9.47. The second-order valence-electron chi connectivity index (χ2n) is 5.60. The second-order valence-corrected chi connectivity index (χ2v) is 5.60. The van der Waals surface area contributed by atoms with Crippen molar-refractivity contribution in [1.29, 1.82) is 0 Å². The Kier molecular flexibility index (Phi) is 4.46. The summed E-state index contributed by atoms with van der Waals surface area (Å²) in [6.45, 7) is 0.795. The van der Waals surface area contributed by atoms with E-state index in [9.17, 15) is 14.4 Å². The van der Waals surface area contributed by atoms with Gasteiger partial charge in [-0.2, -0.15) is 0 Å². The monoisotopic (exact) mass is 283 g/mol. The number of carbonyl (C=O) groups excluding carboxylic acids is 2.